The Bertz CT molecular complexity index is 404. The molecule has 2 N–H and O–H groups in total. The van der Waals surface area contributed by atoms with Crippen molar-refractivity contribution in [3.63, 3.8) is 0 Å². The number of halogens is 1. The first-order valence-corrected chi connectivity index (χ1v) is 8.00. The summed E-state index contributed by atoms with van der Waals surface area (Å²) in [6, 6.07) is 0. The maximum atomic E-state index is 6.01. The molecule has 1 heterocycles. The van der Waals surface area contributed by atoms with Crippen LogP contribution in [0.1, 0.15) is 58.2 Å². The predicted octanol–water partition coefficient (Wildman–Crippen LogP) is 3.74. The highest BCUT2D eigenvalue weighted by atomic mass is 127. The van der Waals surface area contributed by atoms with Crippen LogP contribution in [0.4, 0.5) is 5.82 Å². The van der Waals surface area contributed by atoms with Crippen molar-refractivity contribution in [1.29, 1.82) is 0 Å². The minimum atomic E-state index is -0.0415. The molecule has 0 aliphatic carbocycles. The molecular formula is C14H24IN3O. The Kier molecular flexibility index (Phi) is 6.99. The second-order valence-electron chi connectivity index (χ2n) is 5.06. The molecule has 0 aliphatic rings. The Labute approximate surface area is 129 Å². The zero-order valence-electron chi connectivity index (χ0n) is 12.2. The van der Waals surface area contributed by atoms with Gasteiger partial charge in [0.1, 0.15) is 11.9 Å². The summed E-state index contributed by atoms with van der Waals surface area (Å²) in [5, 5.41) is 0. The van der Waals surface area contributed by atoms with E-state index in [0.29, 0.717) is 18.3 Å². The van der Waals surface area contributed by atoms with Crippen LogP contribution in [0.2, 0.25) is 0 Å². The van der Waals surface area contributed by atoms with Crippen molar-refractivity contribution >= 4 is 28.4 Å². The highest BCUT2D eigenvalue weighted by Gasteiger charge is 2.18. The molecule has 5 heteroatoms. The molecule has 0 fully saturated rings. The van der Waals surface area contributed by atoms with Gasteiger partial charge in [-0.3, -0.25) is 0 Å². The predicted molar refractivity (Wildman–Crippen MR) is 87.0 cm³/mol. The molecule has 0 saturated carbocycles. The molecule has 0 bridgehead atoms. The van der Waals surface area contributed by atoms with Gasteiger partial charge in [0.05, 0.1) is 9.26 Å². The monoisotopic (exact) mass is 377 g/mol. The van der Waals surface area contributed by atoms with Gasteiger partial charge in [0, 0.05) is 6.61 Å². The van der Waals surface area contributed by atoms with Crippen molar-refractivity contribution in [2.75, 3.05) is 12.3 Å². The van der Waals surface area contributed by atoms with E-state index in [1.807, 2.05) is 6.92 Å². The van der Waals surface area contributed by atoms with Gasteiger partial charge in [-0.2, -0.15) is 0 Å². The molecule has 0 aromatic carbocycles. The fraction of sp³-hybridized carbons (Fsp3) is 0.714. The number of nitrogens with zero attached hydrogens (tertiary/aromatic N) is 2. The van der Waals surface area contributed by atoms with E-state index in [1.165, 1.54) is 0 Å². The number of aromatic nitrogens is 2. The average Bonchev–Trinajstić information content (AvgIpc) is 2.34. The number of ether oxygens (including phenoxy) is 1. The second-order valence-corrected chi connectivity index (χ2v) is 6.14. The van der Waals surface area contributed by atoms with E-state index in [1.54, 1.807) is 0 Å². The first-order valence-electron chi connectivity index (χ1n) is 6.92. The summed E-state index contributed by atoms with van der Waals surface area (Å²) in [4.78, 5) is 9.10. The lowest BCUT2D eigenvalue weighted by atomic mass is 10.1. The van der Waals surface area contributed by atoms with E-state index < -0.39 is 0 Å². The topological polar surface area (TPSA) is 61.0 Å². The quantitative estimate of drug-likeness (QED) is 0.736. The fourth-order valence-corrected chi connectivity index (χ4v) is 2.41. The second kappa shape index (κ2) is 7.99. The van der Waals surface area contributed by atoms with Crippen LogP contribution in [0.3, 0.4) is 0 Å². The summed E-state index contributed by atoms with van der Waals surface area (Å²) in [6.45, 7) is 9.16. The lowest BCUT2D eigenvalue weighted by Crippen LogP contribution is -2.14. The zero-order chi connectivity index (χ0) is 14.4. The van der Waals surface area contributed by atoms with Crippen molar-refractivity contribution in [1.82, 2.24) is 9.97 Å². The third-order valence-electron chi connectivity index (χ3n) is 2.77. The van der Waals surface area contributed by atoms with Crippen molar-refractivity contribution in [2.45, 2.75) is 53.1 Å². The third-order valence-corrected chi connectivity index (χ3v) is 3.95. The van der Waals surface area contributed by atoms with E-state index in [0.717, 1.165) is 34.4 Å². The first-order chi connectivity index (χ1) is 8.99. The minimum Gasteiger partial charge on any atom is -0.383 e. The Balaban J connectivity index is 3.09. The fourth-order valence-electron chi connectivity index (χ4n) is 1.95. The number of hydrogen-bond acceptors (Lipinski definition) is 4. The van der Waals surface area contributed by atoms with Crippen molar-refractivity contribution in [2.24, 2.45) is 5.92 Å². The van der Waals surface area contributed by atoms with Crippen LogP contribution in [0.25, 0.3) is 0 Å². The van der Waals surface area contributed by atoms with Crippen molar-refractivity contribution in [3.8, 4) is 0 Å². The number of nitrogens with two attached hydrogens (primary N) is 1. The summed E-state index contributed by atoms with van der Waals surface area (Å²) in [5.41, 5.74) is 7.05. The van der Waals surface area contributed by atoms with Crippen LogP contribution in [-0.4, -0.2) is 16.6 Å². The number of rotatable bonds is 7. The molecule has 1 atom stereocenters. The summed E-state index contributed by atoms with van der Waals surface area (Å²) in [6.07, 6.45) is 2.84. The molecule has 4 nitrogen and oxygen atoms in total. The molecule has 0 spiro atoms. The van der Waals surface area contributed by atoms with Crippen LogP contribution >= 0.6 is 22.6 Å². The van der Waals surface area contributed by atoms with Gasteiger partial charge in [-0.25, -0.2) is 9.97 Å². The lowest BCUT2D eigenvalue weighted by molar-refractivity contribution is 0.0492. The van der Waals surface area contributed by atoms with E-state index >= 15 is 0 Å². The van der Waals surface area contributed by atoms with Crippen LogP contribution in [-0.2, 0) is 11.2 Å². The Morgan fingerprint density at radius 1 is 1.26 bits per heavy atom. The molecular weight excluding hydrogens is 353 g/mol. The SMILES string of the molecule is CCCC(OCC)c1nc(N)c(I)c(CC(C)C)n1. The van der Waals surface area contributed by atoms with Crippen LogP contribution < -0.4 is 5.73 Å². The van der Waals surface area contributed by atoms with Crippen molar-refractivity contribution < 1.29 is 4.74 Å². The van der Waals surface area contributed by atoms with Gasteiger partial charge in [0.2, 0.25) is 0 Å². The number of hydrogen-bond donors (Lipinski definition) is 1. The summed E-state index contributed by atoms with van der Waals surface area (Å²) in [5.74, 6) is 1.85. The van der Waals surface area contributed by atoms with E-state index in [-0.39, 0.29) is 6.10 Å². The molecule has 0 saturated heterocycles. The molecule has 19 heavy (non-hydrogen) atoms. The lowest BCUT2D eigenvalue weighted by Gasteiger charge is -2.17. The molecule has 1 aromatic rings. The van der Waals surface area contributed by atoms with Crippen LogP contribution in [0.15, 0.2) is 0 Å². The maximum absolute atomic E-state index is 6.01. The number of nitrogen functional groups attached to an aromatic ring is 1. The van der Waals surface area contributed by atoms with Gasteiger partial charge >= 0.3 is 0 Å². The Hall–Kier alpha value is -0.430. The van der Waals surface area contributed by atoms with Gasteiger partial charge in [-0.15, -0.1) is 0 Å². The Morgan fingerprint density at radius 3 is 2.47 bits per heavy atom. The largest absolute Gasteiger partial charge is 0.383 e. The van der Waals surface area contributed by atoms with Gasteiger partial charge in [-0.05, 0) is 48.3 Å². The normalized spacial score (nSPS) is 12.9. The average molecular weight is 377 g/mol. The summed E-state index contributed by atoms with van der Waals surface area (Å²) in [7, 11) is 0. The van der Waals surface area contributed by atoms with E-state index in [2.05, 4.69) is 53.3 Å². The van der Waals surface area contributed by atoms with E-state index in [9.17, 15) is 0 Å². The van der Waals surface area contributed by atoms with E-state index in [4.69, 9.17) is 10.5 Å². The van der Waals surface area contributed by atoms with Crippen molar-refractivity contribution in [3.05, 3.63) is 15.1 Å². The molecule has 0 aliphatic heterocycles. The molecule has 0 radical (unpaired) electrons. The Morgan fingerprint density at radius 2 is 1.95 bits per heavy atom. The van der Waals surface area contributed by atoms with Gasteiger partial charge in [0.25, 0.3) is 0 Å². The third kappa shape index (κ3) is 4.87. The molecule has 1 aromatic heterocycles. The van der Waals surface area contributed by atoms with Gasteiger partial charge in [0.15, 0.2) is 5.82 Å². The highest BCUT2D eigenvalue weighted by molar-refractivity contribution is 14.1. The summed E-state index contributed by atoms with van der Waals surface area (Å²) < 4.78 is 6.71. The zero-order valence-corrected chi connectivity index (χ0v) is 14.4. The van der Waals surface area contributed by atoms with Crippen LogP contribution in [0.5, 0.6) is 0 Å². The minimum absolute atomic E-state index is 0.0415. The number of anilines is 1. The summed E-state index contributed by atoms with van der Waals surface area (Å²) >= 11 is 2.23. The first kappa shape index (κ1) is 16.6. The highest BCUT2D eigenvalue weighted by Crippen LogP contribution is 2.25. The maximum Gasteiger partial charge on any atom is 0.159 e. The molecule has 1 rings (SSSR count). The van der Waals surface area contributed by atoms with Gasteiger partial charge in [-0.1, -0.05) is 27.2 Å². The van der Waals surface area contributed by atoms with Gasteiger partial charge < -0.3 is 10.5 Å². The molecule has 108 valence electrons. The van der Waals surface area contributed by atoms with Crippen LogP contribution in [0, 0.1) is 9.49 Å². The molecule has 1 unspecified atom stereocenters. The smallest absolute Gasteiger partial charge is 0.159 e. The standard InChI is InChI=1S/C14H24IN3O/c1-5-7-11(19-6-2)14-17-10(8-9(3)4)12(15)13(16)18-14/h9,11H,5-8H2,1-4H3,(H2,16,17,18). The molecule has 0 amide bonds.